The SMILES string of the molecule is N.c1ccc(Cc2cccc3nc(N4CCCCC4)nc(Cc4ccccc4)c23)cc1. The van der Waals surface area contributed by atoms with E-state index in [-0.39, 0.29) is 6.15 Å². The average Bonchev–Trinajstić information content (AvgIpc) is 2.81. The maximum absolute atomic E-state index is 5.14. The monoisotopic (exact) mass is 410 g/mol. The number of rotatable bonds is 5. The molecule has 4 nitrogen and oxygen atoms in total. The van der Waals surface area contributed by atoms with Crippen LogP contribution in [0.1, 0.15) is 41.6 Å². The molecule has 0 bridgehead atoms. The van der Waals surface area contributed by atoms with Gasteiger partial charge in [-0.25, -0.2) is 9.97 Å². The van der Waals surface area contributed by atoms with Crippen LogP contribution in [0, 0.1) is 0 Å². The van der Waals surface area contributed by atoms with Gasteiger partial charge in [0, 0.05) is 24.9 Å². The van der Waals surface area contributed by atoms with Gasteiger partial charge in [-0.2, -0.15) is 0 Å². The first-order valence-corrected chi connectivity index (χ1v) is 11.0. The van der Waals surface area contributed by atoms with E-state index in [1.807, 2.05) is 0 Å². The van der Waals surface area contributed by atoms with Gasteiger partial charge < -0.3 is 11.1 Å². The highest BCUT2D eigenvalue weighted by atomic mass is 15.3. The summed E-state index contributed by atoms with van der Waals surface area (Å²) in [7, 11) is 0. The summed E-state index contributed by atoms with van der Waals surface area (Å²) in [6.07, 6.45) is 5.48. The summed E-state index contributed by atoms with van der Waals surface area (Å²) in [5.74, 6) is 0.894. The van der Waals surface area contributed by atoms with E-state index in [1.54, 1.807) is 0 Å². The smallest absolute Gasteiger partial charge is 0.226 e. The summed E-state index contributed by atoms with van der Waals surface area (Å²) in [6.45, 7) is 2.11. The molecule has 0 saturated carbocycles. The third kappa shape index (κ3) is 4.75. The molecule has 0 atom stereocenters. The summed E-state index contributed by atoms with van der Waals surface area (Å²) in [5.41, 5.74) is 6.10. The molecule has 0 amide bonds. The first-order valence-electron chi connectivity index (χ1n) is 11.0. The molecule has 5 rings (SSSR count). The second-order valence-electron chi connectivity index (χ2n) is 8.15. The van der Waals surface area contributed by atoms with Gasteiger partial charge in [0.15, 0.2) is 0 Å². The lowest BCUT2D eigenvalue weighted by molar-refractivity contribution is 0.568. The molecule has 2 heterocycles. The zero-order valence-corrected chi connectivity index (χ0v) is 18.0. The maximum Gasteiger partial charge on any atom is 0.226 e. The van der Waals surface area contributed by atoms with Gasteiger partial charge in [0.1, 0.15) is 0 Å². The van der Waals surface area contributed by atoms with Crippen LogP contribution >= 0.6 is 0 Å². The van der Waals surface area contributed by atoms with Crippen molar-refractivity contribution in [1.29, 1.82) is 0 Å². The fraction of sp³-hybridized carbons (Fsp3) is 0.259. The number of benzene rings is 3. The Morgan fingerprint density at radius 3 is 1.97 bits per heavy atom. The molecule has 0 spiro atoms. The molecule has 4 heteroatoms. The van der Waals surface area contributed by atoms with E-state index < -0.39 is 0 Å². The van der Waals surface area contributed by atoms with Crippen LogP contribution in [0.3, 0.4) is 0 Å². The van der Waals surface area contributed by atoms with Gasteiger partial charge in [-0.15, -0.1) is 0 Å². The van der Waals surface area contributed by atoms with E-state index in [1.165, 1.54) is 41.3 Å². The first kappa shape index (κ1) is 21.0. The molecule has 31 heavy (non-hydrogen) atoms. The highest BCUT2D eigenvalue weighted by Crippen LogP contribution is 2.28. The lowest BCUT2D eigenvalue weighted by Crippen LogP contribution is -2.31. The normalized spacial score (nSPS) is 13.7. The highest BCUT2D eigenvalue weighted by molar-refractivity contribution is 5.86. The Bertz CT molecular complexity index is 1120. The minimum Gasteiger partial charge on any atom is -0.344 e. The largest absolute Gasteiger partial charge is 0.344 e. The van der Waals surface area contributed by atoms with Crippen molar-refractivity contribution in [1.82, 2.24) is 16.1 Å². The lowest BCUT2D eigenvalue weighted by Gasteiger charge is -2.27. The standard InChI is InChI=1S/C27H27N3.H3N/c1-4-11-21(12-5-1)19-23-15-10-16-24-26(23)25(20-22-13-6-2-7-14-22)29-27(28-24)30-17-8-3-9-18-30;/h1-2,4-7,10-16H,3,8-9,17-20H2;1H3. The molecule has 4 aromatic rings. The number of hydrogen-bond donors (Lipinski definition) is 1. The number of fused-ring (bicyclic) bond motifs is 1. The van der Waals surface area contributed by atoms with Gasteiger partial charge in [-0.3, -0.25) is 0 Å². The van der Waals surface area contributed by atoms with Crippen LogP contribution in [0.4, 0.5) is 5.95 Å². The van der Waals surface area contributed by atoms with Crippen molar-refractivity contribution in [2.75, 3.05) is 18.0 Å². The van der Waals surface area contributed by atoms with E-state index in [9.17, 15) is 0 Å². The van der Waals surface area contributed by atoms with Crippen LogP contribution in [0.2, 0.25) is 0 Å². The summed E-state index contributed by atoms with van der Waals surface area (Å²) >= 11 is 0. The predicted octanol–water partition coefficient (Wildman–Crippen LogP) is 5.96. The minimum absolute atomic E-state index is 0. The zero-order chi connectivity index (χ0) is 20.2. The second kappa shape index (κ2) is 9.71. The average molecular weight is 411 g/mol. The van der Waals surface area contributed by atoms with E-state index in [2.05, 4.69) is 83.8 Å². The van der Waals surface area contributed by atoms with Crippen molar-refractivity contribution < 1.29 is 0 Å². The Morgan fingerprint density at radius 1 is 0.645 bits per heavy atom. The number of piperidine rings is 1. The molecule has 1 aliphatic heterocycles. The number of aromatic nitrogens is 2. The van der Waals surface area contributed by atoms with Crippen molar-refractivity contribution in [2.45, 2.75) is 32.1 Å². The van der Waals surface area contributed by atoms with Gasteiger partial charge in [0.25, 0.3) is 0 Å². The Kier molecular flexibility index (Phi) is 6.58. The molecule has 158 valence electrons. The Morgan fingerprint density at radius 2 is 1.29 bits per heavy atom. The Balaban J connectivity index is 0.00000231. The van der Waals surface area contributed by atoms with Gasteiger partial charge in [-0.1, -0.05) is 72.8 Å². The molecule has 0 unspecified atom stereocenters. The van der Waals surface area contributed by atoms with Gasteiger partial charge in [0.05, 0.1) is 11.2 Å². The van der Waals surface area contributed by atoms with Crippen molar-refractivity contribution in [2.24, 2.45) is 0 Å². The number of anilines is 1. The number of nitrogens with zero attached hydrogens (tertiary/aromatic N) is 3. The summed E-state index contributed by atoms with van der Waals surface area (Å²) in [6, 6.07) is 27.8. The lowest BCUT2D eigenvalue weighted by atomic mass is 9.97. The Labute approximate surface area is 184 Å². The van der Waals surface area contributed by atoms with Crippen LogP contribution in [0.5, 0.6) is 0 Å². The summed E-state index contributed by atoms with van der Waals surface area (Å²) in [5, 5.41) is 1.21. The fourth-order valence-corrected chi connectivity index (χ4v) is 4.44. The van der Waals surface area contributed by atoms with Gasteiger partial charge >= 0.3 is 0 Å². The molecule has 3 aromatic carbocycles. The summed E-state index contributed by atoms with van der Waals surface area (Å²) < 4.78 is 0. The zero-order valence-electron chi connectivity index (χ0n) is 18.0. The van der Waals surface area contributed by atoms with E-state index >= 15 is 0 Å². The maximum atomic E-state index is 5.14. The first-order chi connectivity index (χ1) is 14.9. The van der Waals surface area contributed by atoms with Crippen LogP contribution in [0.15, 0.2) is 78.9 Å². The molecule has 0 aliphatic carbocycles. The van der Waals surface area contributed by atoms with Crippen molar-refractivity contribution in [3.63, 3.8) is 0 Å². The molecule has 1 aliphatic rings. The van der Waals surface area contributed by atoms with Crippen LogP contribution < -0.4 is 11.1 Å². The van der Waals surface area contributed by atoms with Crippen LogP contribution in [0.25, 0.3) is 10.9 Å². The van der Waals surface area contributed by atoms with Gasteiger partial charge in [-0.05, 0) is 48.4 Å². The molecule has 3 N–H and O–H groups in total. The molecular weight excluding hydrogens is 380 g/mol. The topological polar surface area (TPSA) is 64.0 Å². The summed E-state index contributed by atoms with van der Waals surface area (Å²) in [4.78, 5) is 12.5. The molecule has 1 saturated heterocycles. The van der Waals surface area contributed by atoms with E-state index in [0.717, 1.165) is 43.1 Å². The minimum atomic E-state index is 0. The van der Waals surface area contributed by atoms with Crippen molar-refractivity contribution in [3.05, 3.63) is 101 Å². The molecule has 0 radical (unpaired) electrons. The van der Waals surface area contributed by atoms with E-state index in [0.29, 0.717) is 0 Å². The Hall–Kier alpha value is -3.24. The molecule has 1 aromatic heterocycles. The van der Waals surface area contributed by atoms with Crippen molar-refractivity contribution >= 4 is 16.9 Å². The highest BCUT2D eigenvalue weighted by Gasteiger charge is 2.18. The van der Waals surface area contributed by atoms with Crippen LogP contribution in [-0.4, -0.2) is 23.1 Å². The van der Waals surface area contributed by atoms with Gasteiger partial charge in [0.2, 0.25) is 5.95 Å². The fourth-order valence-electron chi connectivity index (χ4n) is 4.44. The molecule has 1 fully saturated rings. The molecular formula is C27H30N4. The number of hydrogen-bond acceptors (Lipinski definition) is 4. The predicted molar refractivity (Wildman–Crippen MR) is 129 cm³/mol. The van der Waals surface area contributed by atoms with E-state index in [4.69, 9.17) is 9.97 Å². The third-order valence-electron chi connectivity index (χ3n) is 5.96. The van der Waals surface area contributed by atoms with Crippen molar-refractivity contribution in [3.8, 4) is 0 Å². The third-order valence-corrected chi connectivity index (χ3v) is 5.96. The van der Waals surface area contributed by atoms with Crippen LogP contribution in [-0.2, 0) is 12.8 Å². The second-order valence-corrected chi connectivity index (χ2v) is 8.15. The quantitative estimate of drug-likeness (QED) is 0.441.